The number of rotatable bonds is 7. The van der Waals surface area contributed by atoms with Gasteiger partial charge in [0.1, 0.15) is 6.61 Å². The number of nitriles is 1. The first-order chi connectivity index (χ1) is 20.2. The molecule has 0 bridgehead atoms. The monoisotopic (exact) mass is 589 g/mol. The lowest BCUT2D eigenvalue weighted by atomic mass is 9.95. The maximum absolute atomic E-state index is 13.9. The number of benzene rings is 2. The average molecular weight is 590 g/mol. The number of aromatic nitrogens is 1. The van der Waals surface area contributed by atoms with E-state index in [1.165, 1.54) is 30.5 Å². The van der Waals surface area contributed by atoms with Crippen molar-refractivity contribution in [3.05, 3.63) is 78.5 Å². The predicted molar refractivity (Wildman–Crippen MR) is 147 cm³/mol. The van der Waals surface area contributed by atoms with E-state index in [0.29, 0.717) is 33.1 Å². The molecule has 3 aromatic rings. The minimum atomic E-state index is -0.907. The van der Waals surface area contributed by atoms with Crippen LogP contribution in [0.1, 0.15) is 44.4 Å². The van der Waals surface area contributed by atoms with Crippen LogP contribution in [0.3, 0.4) is 0 Å². The number of esters is 3. The Balaban J connectivity index is 1.64. The second kappa shape index (κ2) is 11.7. The molecule has 2 aromatic carbocycles. The van der Waals surface area contributed by atoms with Crippen LogP contribution in [0.2, 0.25) is 0 Å². The SMILES string of the molecule is CC(=O)Oc1ccc(C=c2sc3n(c2=O)C(c2ccc4c(c2)OCO4)C(C(=O)OCCC#N)=C(C)N=3)cc1OC(C)=O. The van der Waals surface area contributed by atoms with E-state index >= 15 is 0 Å². The summed E-state index contributed by atoms with van der Waals surface area (Å²) >= 11 is 1.10. The van der Waals surface area contributed by atoms with Crippen LogP contribution >= 0.6 is 11.3 Å². The summed E-state index contributed by atoms with van der Waals surface area (Å²) in [4.78, 5) is 55.2. The number of hydrogen-bond acceptors (Lipinski definition) is 12. The fourth-order valence-corrected chi connectivity index (χ4v) is 5.53. The first-order valence-corrected chi connectivity index (χ1v) is 13.4. The van der Waals surface area contributed by atoms with Crippen LogP contribution in [0, 0.1) is 11.3 Å². The van der Waals surface area contributed by atoms with Crippen LogP contribution in [0.5, 0.6) is 23.0 Å². The van der Waals surface area contributed by atoms with Gasteiger partial charge in [-0.25, -0.2) is 9.79 Å². The smallest absolute Gasteiger partial charge is 0.338 e. The summed E-state index contributed by atoms with van der Waals surface area (Å²) in [7, 11) is 0. The molecular weight excluding hydrogens is 566 g/mol. The van der Waals surface area contributed by atoms with Crippen LogP contribution in [0.15, 0.2) is 57.5 Å². The Morgan fingerprint density at radius 1 is 1.10 bits per heavy atom. The number of nitrogens with zero attached hydrogens (tertiary/aromatic N) is 3. The lowest BCUT2D eigenvalue weighted by Gasteiger charge is -2.24. The third-order valence-electron chi connectivity index (χ3n) is 6.17. The topological polar surface area (TPSA) is 156 Å². The van der Waals surface area contributed by atoms with Crippen LogP contribution in [0.4, 0.5) is 0 Å². The molecule has 1 unspecified atom stereocenters. The summed E-state index contributed by atoms with van der Waals surface area (Å²) in [6.07, 6.45) is 1.59. The highest BCUT2D eigenvalue weighted by Gasteiger charge is 2.34. The first-order valence-electron chi connectivity index (χ1n) is 12.6. The van der Waals surface area contributed by atoms with Crippen molar-refractivity contribution >= 4 is 35.3 Å². The van der Waals surface area contributed by atoms with Gasteiger partial charge in [-0.2, -0.15) is 5.26 Å². The third kappa shape index (κ3) is 5.65. The van der Waals surface area contributed by atoms with Gasteiger partial charge in [0.25, 0.3) is 5.56 Å². The largest absolute Gasteiger partial charge is 0.461 e. The van der Waals surface area contributed by atoms with Crippen molar-refractivity contribution in [2.24, 2.45) is 4.99 Å². The fourth-order valence-electron chi connectivity index (χ4n) is 4.49. The van der Waals surface area contributed by atoms with E-state index in [1.54, 1.807) is 37.3 Å². The van der Waals surface area contributed by atoms with Crippen LogP contribution in [-0.4, -0.2) is 35.9 Å². The molecule has 0 spiro atoms. The van der Waals surface area contributed by atoms with E-state index < -0.39 is 29.5 Å². The summed E-state index contributed by atoms with van der Waals surface area (Å²) in [5.74, 6) is -0.850. The quantitative estimate of drug-likeness (QED) is 0.228. The van der Waals surface area contributed by atoms with Gasteiger partial charge >= 0.3 is 17.9 Å². The van der Waals surface area contributed by atoms with Crippen molar-refractivity contribution in [1.82, 2.24) is 4.57 Å². The highest BCUT2D eigenvalue weighted by molar-refractivity contribution is 7.07. The lowest BCUT2D eigenvalue weighted by molar-refractivity contribution is -0.139. The molecule has 2 aliphatic rings. The molecule has 0 fully saturated rings. The summed E-state index contributed by atoms with van der Waals surface area (Å²) in [5, 5.41) is 8.87. The fraction of sp³-hybridized carbons (Fsp3) is 0.241. The van der Waals surface area contributed by atoms with Gasteiger partial charge in [-0.3, -0.25) is 19.0 Å². The number of hydrogen-bond donors (Lipinski definition) is 0. The second-order valence-electron chi connectivity index (χ2n) is 9.13. The van der Waals surface area contributed by atoms with Gasteiger partial charge < -0.3 is 23.7 Å². The predicted octanol–water partition coefficient (Wildman–Crippen LogP) is 2.27. The van der Waals surface area contributed by atoms with Crippen molar-refractivity contribution < 1.29 is 38.1 Å². The van der Waals surface area contributed by atoms with E-state index in [-0.39, 0.29) is 41.4 Å². The van der Waals surface area contributed by atoms with Crippen molar-refractivity contribution in [3.8, 4) is 29.1 Å². The molecule has 0 amide bonds. The van der Waals surface area contributed by atoms with Crippen molar-refractivity contribution in [3.63, 3.8) is 0 Å². The van der Waals surface area contributed by atoms with Crippen molar-refractivity contribution in [2.45, 2.75) is 33.2 Å². The molecule has 1 atom stereocenters. The molecule has 2 aliphatic heterocycles. The number of carbonyl (C=O) groups excluding carboxylic acids is 3. The Morgan fingerprint density at radius 3 is 2.57 bits per heavy atom. The Bertz CT molecular complexity index is 1880. The van der Waals surface area contributed by atoms with Gasteiger partial charge in [0, 0.05) is 13.8 Å². The van der Waals surface area contributed by atoms with E-state index in [2.05, 4.69) is 4.99 Å². The molecule has 3 heterocycles. The highest BCUT2D eigenvalue weighted by atomic mass is 32.1. The Kier molecular flexibility index (Phi) is 7.90. The molecule has 5 rings (SSSR count). The van der Waals surface area contributed by atoms with Gasteiger partial charge in [0.15, 0.2) is 27.8 Å². The Labute approximate surface area is 242 Å². The number of ether oxygens (including phenoxy) is 5. The van der Waals surface area contributed by atoms with Gasteiger partial charge in [-0.1, -0.05) is 23.5 Å². The zero-order valence-electron chi connectivity index (χ0n) is 22.7. The summed E-state index contributed by atoms with van der Waals surface area (Å²) in [5.41, 5.74) is 1.12. The second-order valence-corrected chi connectivity index (χ2v) is 10.1. The standard InChI is InChI=1S/C29H23N3O9S/c1-15-25(28(36)37-10-4-9-30)26(19-6-8-20-22(13-19)39-14-38-20)32-27(35)24(42-29(32)31-15)12-18-5-7-21(40-16(2)33)23(11-18)41-17(3)34/h5-8,11-13,26H,4,10,14H2,1-3H3. The molecule has 12 nitrogen and oxygen atoms in total. The van der Waals surface area contributed by atoms with Gasteiger partial charge in [0.05, 0.1) is 34.3 Å². The number of fused-ring (bicyclic) bond motifs is 2. The van der Waals surface area contributed by atoms with Crippen molar-refractivity contribution in [1.29, 1.82) is 5.26 Å². The Hall–Kier alpha value is -5.22. The molecule has 0 saturated heterocycles. The number of allylic oxidation sites excluding steroid dienone is 1. The summed E-state index contributed by atoms with van der Waals surface area (Å²) in [6, 6.07) is 10.7. The molecule has 214 valence electrons. The molecule has 0 aliphatic carbocycles. The summed E-state index contributed by atoms with van der Waals surface area (Å²) < 4.78 is 28.3. The first kappa shape index (κ1) is 28.3. The molecule has 1 aromatic heterocycles. The van der Waals surface area contributed by atoms with Crippen LogP contribution in [0.25, 0.3) is 6.08 Å². The minimum Gasteiger partial charge on any atom is -0.461 e. The van der Waals surface area contributed by atoms with E-state index in [1.807, 2.05) is 6.07 Å². The van der Waals surface area contributed by atoms with Gasteiger partial charge in [-0.15, -0.1) is 0 Å². The number of thiazole rings is 1. The maximum Gasteiger partial charge on any atom is 0.338 e. The van der Waals surface area contributed by atoms with Crippen molar-refractivity contribution in [2.75, 3.05) is 13.4 Å². The molecule has 0 N–H and O–H groups in total. The highest BCUT2D eigenvalue weighted by Crippen LogP contribution is 2.38. The Morgan fingerprint density at radius 2 is 1.83 bits per heavy atom. The summed E-state index contributed by atoms with van der Waals surface area (Å²) in [6.45, 7) is 4.02. The van der Waals surface area contributed by atoms with E-state index in [0.717, 1.165) is 11.3 Å². The molecule has 0 radical (unpaired) electrons. The third-order valence-corrected chi connectivity index (χ3v) is 7.16. The number of carbonyl (C=O) groups is 3. The zero-order chi connectivity index (χ0) is 30.0. The minimum absolute atomic E-state index is 0.00991. The van der Waals surface area contributed by atoms with Gasteiger partial charge in [-0.05, 0) is 48.4 Å². The lowest BCUT2D eigenvalue weighted by Crippen LogP contribution is -2.40. The molecular formula is C29H23N3O9S. The maximum atomic E-state index is 13.9. The molecule has 42 heavy (non-hydrogen) atoms. The molecule has 0 saturated carbocycles. The van der Waals surface area contributed by atoms with Crippen LogP contribution < -0.4 is 33.8 Å². The van der Waals surface area contributed by atoms with Gasteiger partial charge in [0.2, 0.25) is 6.79 Å². The van der Waals surface area contributed by atoms with E-state index in [9.17, 15) is 19.2 Å². The zero-order valence-corrected chi connectivity index (χ0v) is 23.5. The van der Waals surface area contributed by atoms with Crippen LogP contribution in [-0.2, 0) is 19.1 Å². The molecule has 13 heteroatoms. The average Bonchev–Trinajstić information content (AvgIpc) is 3.52. The van der Waals surface area contributed by atoms with E-state index in [4.69, 9.17) is 28.9 Å². The normalized spacial score (nSPS) is 15.4.